The van der Waals surface area contributed by atoms with Gasteiger partial charge in [0, 0.05) is 5.41 Å². The van der Waals surface area contributed by atoms with Gasteiger partial charge in [-0.2, -0.15) is 0 Å². The van der Waals surface area contributed by atoms with Crippen molar-refractivity contribution in [3.05, 3.63) is 11.6 Å². The molecule has 0 unspecified atom stereocenters. The quantitative estimate of drug-likeness (QED) is 0.397. The summed E-state index contributed by atoms with van der Waals surface area (Å²) in [5, 5.41) is 22.6. The van der Waals surface area contributed by atoms with E-state index in [4.69, 9.17) is 0 Å². The first-order chi connectivity index (χ1) is 14.7. The van der Waals surface area contributed by atoms with Gasteiger partial charge in [0.1, 0.15) is 0 Å². The van der Waals surface area contributed by atoms with Crippen LogP contribution in [0.25, 0.3) is 0 Å². The second-order valence-electron chi connectivity index (χ2n) is 14.7. The number of aliphatic hydroxyl groups excluding tert-OH is 2. The average Bonchev–Trinajstić information content (AvgIpc) is 2.70. The molecule has 2 heteroatoms. The third-order valence-corrected chi connectivity index (χ3v) is 13.6. The third kappa shape index (κ3) is 2.61. The zero-order valence-corrected chi connectivity index (χ0v) is 22.2. The van der Waals surface area contributed by atoms with E-state index >= 15 is 0 Å². The lowest BCUT2D eigenvalue weighted by Crippen LogP contribution is -2.69. The number of hydrogen-bond acceptors (Lipinski definition) is 2. The first kappa shape index (κ1) is 23.4. The maximum atomic E-state index is 11.7. The molecule has 0 aliphatic heterocycles. The van der Waals surface area contributed by atoms with Gasteiger partial charge in [-0.1, -0.05) is 60.1 Å². The summed E-state index contributed by atoms with van der Waals surface area (Å²) >= 11 is 0. The smallest absolute Gasteiger partial charge is 0.0605 e. The van der Waals surface area contributed by atoms with Crippen LogP contribution in [0.4, 0.5) is 0 Å². The maximum Gasteiger partial charge on any atom is 0.0605 e. The SMILES string of the molecule is CC1=CC[C@@]2(C)[C@H]([C@@H]1C)[C@H]1CC[C@@H]3[C@@]4(C)CC[C@H](O)C(C)(C)[C@@H]4CC[C@@]3(C)[C@]1(C)C[C@@H]2O. The average molecular weight is 443 g/mol. The Bertz CT molecular complexity index is 814. The molecule has 4 fully saturated rings. The van der Waals surface area contributed by atoms with Crippen molar-refractivity contribution in [1.82, 2.24) is 0 Å². The minimum atomic E-state index is -0.203. The van der Waals surface area contributed by atoms with Crippen LogP contribution in [0.15, 0.2) is 11.6 Å². The molecule has 2 N–H and O–H groups in total. The number of aliphatic hydroxyl groups is 2. The second-order valence-corrected chi connectivity index (χ2v) is 14.7. The molecule has 0 amide bonds. The minimum Gasteiger partial charge on any atom is -0.393 e. The summed E-state index contributed by atoms with van der Waals surface area (Å²) in [6, 6.07) is 0. The fourth-order valence-electron chi connectivity index (χ4n) is 11.3. The van der Waals surface area contributed by atoms with Gasteiger partial charge in [0.15, 0.2) is 0 Å². The van der Waals surface area contributed by atoms with E-state index in [-0.39, 0.29) is 33.9 Å². The number of hydrogen-bond donors (Lipinski definition) is 2. The number of rotatable bonds is 0. The molecular formula is C30H50O2. The summed E-state index contributed by atoms with van der Waals surface area (Å²) in [5.74, 6) is 3.18. The van der Waals surface area contributed by atoms with E-state index in [1.807, 2.05) is 0 Å². The summed E-state index contributed by atoms with van der Waals surface area (Å²) in [6.45, 7) is 19.7. The molecule has 0 aromatic carbocycles. The van der Waals surface area contributed by atoms with Crippen molar-refractivity contribution >= 4 is 0 Å². The molecule has 2 nitrogen and oxygen atoms in total. The van der Waals surface area contributed by atoms with Gasteiger partial charge in [0.25, 0.3) is 0 Å². The van der Waals surface area contributed by atoms with Crippen molar-refractivity contribution in [2.75, 3.05) is 0 Å². The Kier molecular flexibility index (Phi) is 5.02. The van der Waals surface area contributed by atoms with Crippen LogP contribution in [-0.4, -0.2) is 22.4 Å². The highest BCUT2D eigenvalue weighted by Gasteiger charge is 2.70. The highest BCUT2D eigenvalue weighted by molar-refractivity contribution is 5.24. The van der Waals surface area contributed by atoms with Crippen molar-refractivity contribution in [2.45, 2.75) is 119 Å². The number of allylic oxidation sites excluding steroid dienone is 2. The summed E-state index contributed by atoms with van der Waals surface area (Å²) in [6.07, 6.45) is 11.4. The first-order valence-corrected chi connectivity index (χ1v) is 13.8. The molecule has 0 heterocycles. The van der Waals surface area contributed by atoms with E-state index in [0.717, 1.165) is 19.3 Å². The third-order valence-electron chi connectivity index (χ3n) is 13.6. The molecular weight excluding hydrogens is 392 g/mol. The molecule has 0 saturated heterocycles. The summed E-state index contributed by atoms with van der Waals surface area (Å²) < 4.78 is 0. The molecule has 0 bridgehead atoms. The van der Waals surface area contributed by atoms with Crippen molar-refractivity contribution in [2.24, 2.45) is 56.7 Å². The molecule has 11 atom stereocenters. The molecule has 182 valence electrons. The van der Waals surface area contributed by atoms with E-state index in [1.165, 1.54) is 32.1 Å². The predicted octanol–water partition coefficient (Wildman–Crippen LogP) is 7.00. The Labute approximate surface area is 197 Å². The number of fused-ring (bicyclic) bond motifs is 7. The summed E-state index contributed by atoms with van der Waals surface area (Å²) in [5.41, 5.74) is 2.37. The predicted molar refractivity (Wildman–Crippen MR) is 132 cm³/mol. The Balaban J connectivity index is 1.57. The van der Waals surface area contributed by atoms with E-state index in [9.17, 15) is 10.2 Å². The molecule has 5 aliphatic rings. The maximum absolute atomic E-state index is 11.7. The molecule has 0 aromatic rings. The second kappa shape index (κ2) is 6.87. The van der Waals surface area contributed by atoms with Gasteiger partial charge in [0.05, 0.1) is 12.2 Å². The van der Waals surface area contributed by atoms with Crippen LogP contribution >= 0.6 is 0 Å². The monoisotopic (exact) mass is 442 g/mol. The lowest BCUT2D eigenvalue weighted by Gasteiger charge is -2.74. The van der Waals surface area contributed by atoms with Crippen molar-refractivity contribution in [3.63, 3.8) is 0 Å². The van der Waals surface area contributed by atoms with Gasteiger partial charge < -0.3 is 10.2 Å². The Morgan fingerprint density at radius 1 is 0.781 bits per heavy atom. The van der Waals surface area contributed by atoms with Crippen LogP contribution in [-0.2, 0) is 0 Å². The topological polar surface area (TPSA) is 40.5 Å². The van der Waals surface area contributed by atoms with Gasteiger partial charge in [0.2, 0.25) is 0 Å². The zero-order valence-electron chi connectivity index (χ0n) is 22.2. The van der Waals surface area contributed by atoms with Gasteiger partial charge in [-0.05, 0) is 110 Å². The largest absolute Gasteiger partial charge is 0.393 e. The molecule has 4 saturated carbocycles. The Hall–Kier alpha value is -0.340. The lowest BCUT2D eigenvalue weighted by atomic mass is 9.31. The van der Waals surface area contributed by atoms with Gasteiger partial charge in [-0.25, -0.2) is 0 Å². The minimum absolute atomic E-state index is 0.0104. The molecule has 5 rings (SSSR count). The van der Waals surface area contributed by atoms with Crippen LogP contribution < -0.4 is 0 Å². The van der Waals surface area contributed by atoms with Gasteiger partial charge in [-0.15, -0.1) is 0 Å². The van der Waals surface area contributed by atoms with Crippen LogP contribution in [0, 0.1) is 56.7 Å². The zero-order chi connectivity index (χ0) is 23.5. The molecule has 32 heavy (non-hydrogen) atoms. The van der Waals surface area contributed by atoms with Crippen LogP contribution in [0.3, 0.4) is 0 Å². The molecule has 0 spiro atoms. The van der Waals surface area contributed by atoms with Crippen LogP contribution in [0.5, 0.6) is 0 Å². The van der Waals surface area contributed by atoms with E-state index in [1.54, 1.807) is 5.57 Å². The lowest BCUT2D eigenvalue weighted by molar-refractivity contribution is -0.267. The van der Waals surface area contributed by atoms with Crippen molar-refractivity contribution in [1.29, 1.82) is 0 Å². The first-order valence-electron chi connectivity index (χ1n) is 13.8. The highest BCUT2D eigenvalue weighted by Crippen LogP contribution is 2.76. The summed E-state index contributed by atoms with van der Waals surface area (Å²) in [4.78, 5) is 0. The normalized spacial score (nSPS) is 59.2. The molecule has 0 radical (unpaired) electrons. The highest BCUT2D eigenvalue weighted by atomic mass is 16.3. The van der Waals surface area contributed by atoms with Crippen molar-refractivity contribution < 1.29 is 10.2 Å². The Morgan fingerprint density at radius 3 is 2.16 bits per heavy atom. The molecule has 5 aliphatic carbocycles. The van der Waals surface area contributed by atoms with E-state index in [2.05, 4.69) is 61.5 Å². The fraction of sp³-hybridized carbons (Fsp3) is 0.933. The van der Waals surface area contributed by atoms with Gasteiger partial charge >= 0.3 is 0 Å². The van der Waals surface area contributed by atoms with Crippen molar-refractivity contribution in [3.8, 4) is 0 Å². The fourth-order valence-corrected chi connectivity index (χ4v) is 11.3. The Morgan fingerprint density at radius 2 is 1.47 bits per heavy atom. The van der Waals surface area contributed by atoms with Gasteiger partial charge in [-0.3, -0.25) is 0 Å². The van der Waals surface area contributed by atoms with Crippen LogP contribution in [0.2, 0.25) is 0 Å². The summed E-state index contributed by atoms with van der Waals surface area (Å²) in [7, 11) is 0. The standard InChI is InChI=1S/C30H50O2/c1-18-11-14-28(6)24(32)17-30(8)20(25(28)19(18)2)9-10-22-27(5)15-13-23(31)26(3,4)21(27)12-16-29(22,30)7/h11,19-25,31-32H,9-10,12-17H2,1-8H3/t19-,20-,21+,22-,23+,24+,25-,27+,28-,29-,30-/m1/s1. The van der Waals surface area contributed by atoms with E-state index < -0.39 is 0 Å². The molecule has 0 aromatic heterocycles. The van der Waals surface area contributed by atoms with E-state index in [0.29, 0.717) is 35.0 Å². The van der Waals surface area contributed by atoms with Crippen LogP contribution in [0.1, 0.15) is 107 Å².